The Balaban J connectivity index is 2.66. The van der Waals surface area contributed by atoms with Crippen LogP contribution in [0.3, 0.4) is 0 Å². The highest BCUT2D eigenvalue weighted by Gasteiger charge is 2.40. The topological polar surface area (TPSA) is 0 Å². The Morgan fingerprint density at radius 2 is 1.09 bits per heavy atom. The lowest BCUT2D eigenvalue weighted by Gasteiger charge is -2.40. The fourth-order valence-electron chi connectivity index (χ4n) is 4.86. The predicted molar refractivity (Wildman–Crippen MR) is 106 cm³/mol. The zero-order valence-electron chi connectivity index (χ0n) is 17.1. The fourth-order valence-corrected chi connectivity index (χ4v) is 4.86. The summed E-state index contributed by atoms with van der Waals surface area (Å²) in [6.07, 6.45) is 14.0. The van der Waals surface area contributed by atoms with Gasteiger partial charge >= 0.3 is 0 Å². The molecule has 0 spiro atoms. The maximum absolute atomic E-state index is 2.42. The van der Waals surface area contributed by atoms with Gasteiger partial charge in [-0.05, 0) is 63.5 Å². The number of hydrogen-bond acceptors (Lipinski definition) is 0. The number of rotatable bonds is 11. The van der Waals surface area contributed by atoms with Crippen LogP contribution in [0.25, 0.3) is 0 Å². The standard InChI is InChI=1S/C23H42/c1-8-11-12-13-14-15-16-17-23(9-2,10-3)22-20(6)18(4)19(5)21(22)7/h22H,8-17H2,1-7H3. The van der Waals surface area contributed by atoms with Crippen LogP contribution >= 0.6 is 0 Å². The van der Waals surface area contributed by atoms with E-state index in [1.165, 1.54) is 64.2 Å². The van der Waals surface area contributed by atoms with Crippen molar-refractivity contribution in [2.75, 3.05) is 0 Å². The quantitative estimate of drug-likeness (QED) is 0.336. The van der Waals surface area contributed by atoms with Gasteiger partial charge in [0.05, 0.1) is 0 Å². The molecule has 0 radical (unpaired) electrons. The first-order valence-electron chi connectivity index (χ1n) is 10.3. The molecule has 0 heteroatoms. The van der Waals surface area contributed by atoms with Crippen LogP contribution in [0.15, 0.2) is 22.3 Å². The molecule has 0 atom stereocenters. The third-order valence-corrected chi connectivity index (χ3v) is 6.91. The molecule has 1 aliphatic rings. The molecule has 134 valence electrons. The summed E-state index contributed by atoms with van der Waals surface area (Å²) in [5.41, 5.74) is 6.95. The summed E-state index contributed by atoms with van der Waals surface area (Å²) in [5, 5.41) is 0. The van der Waals surface area contributed by atoms with Gasteiger partial charge in [-0.3, -0.25) is 0 Å². The first-order valence-corrected chi connectivity index (χ1v) is 10.3. The Morgan fingerprint density at radius 3 is 1.52 bits per heavy atom. The van der Waals surface area contributed by atoms with Crippen molar-refractivity contribution in [1.29, 1.82) is 0 Å². The molecule has 0 aromatic carbocycles. The highest BCUT2D eigenvalue weighted by Crippen LogP contribution is 2.52. The average molecular weight is 319 g/mol. The summed E-state index contributed by atoms with van der Waals surface area (Å²) < 4.78 is 0. The van der Waals surface area contributed by atoms with Crippen LogP contribution in [0.1, 0.15) is 113 Å². The Morgan fingerprint density at radius 1 is 0.652 bits per heavy atom. The summed E-state index contributed by atoms with van der Waals surface area (Å²) in [5.74, 6) is 0.706. The van der Waals surface area contributed by atoms with Crippen LogP contribution in [0.5, 0.6) is 0 Å². The van der Waals surface area contributed by atoms with Gasteiger partial charge in [0.1, 0.15) is 0 Å². The lowest BCUT2D eigenvalue weighted by Crippen LogP contribution is -2.30. The maximum Gasteiger partial charge on any atom is 0.00693 e. The van der Waals surface area contributed by atoms with Crippen LogP contribution in [-0.4, -0.2) is 0 Å². The Bertz CT molecular complexity index is 393. The van der Waals surface area contributed by atoms with E-state index in [9.17, 15) is 0 Å². The highest BCUT2D eigenvalue weighted by molar-refractivity contribution is 5.47. The largest absolute Gasteiger partial charge is 0.0654 e. The van der Waals surface area contributed by atoms with Gasteiger partial charge in [-0.2, -0.15) is 0 Å². The van der Waals surface area contributed by atoms with Crippen LogP contribution in [0, 0.1) is 11.3 Å². The summed E-state index contributed by atoms with van der Waals surface area (Å²) in [6, 6.07) is 0. The number of unbranched alkanes of at least 4 members (excludes halogenated alkanes) is 6. The second-order valence-corrected chi connectivity index (χ2v) is 7.99. The van der Waals surface area contributed by atoms with Crippen molar-refractivity contribution in [2.45, 2.75) is 113 Å². The Hall–Kier alpha value is -0.520. The van der Waals surface area contributed by atoms with Crippen LogP contribution < -0.4 is 0 Å². The van der Waals surface area contributed by atoms with Crippen molar-refractivity contribution in [3.05, 3.63) is 22.3 Å². The predicted octanol–water partition coefficient (Wildman–Crippen LogP) is 8.24. The highest BCUT2D eigenvalue weighted by atomic mass is 14.4. The second-order valence-electron chi connectivity index (χ2n) is 7.99. The van der Waals surface area contributed by atoms with Gasteiger partial charge in [-0.1, -0.05) is 76.9 Å². The van der Waals surface area contributed by atoms with Crippen molar-refractivity contribution in [2.24, 2.45) is 11.3 Å². The van der Waals surface area contributed by atoms with E-state index >= 15 is 0 Å². The van der Waals surface area contributed by atoms with E-state index in [-0.39, 0.29) is 0 Å². The van der Waals surface area contributed by atoms with E-state index in [0.29, 0.717) is 11.3 Å². The third kappa shape index (κ3) is 4.74. The lowest BCUT2D eigenvalue weighted by molar-refractivity contribution is 0.171. The normalized spacial score (nSPS) is 16.8. The molecule has 0 heterocycles. The monoisotopic (exact) mass is 318 g/mol. The first-order chi connectivity index (χ1) is 10.9. The van der Waals surface area contributed by atoms with Gasteiger partial charge in [0.2, 0.25) is 0 Å². The molecule has 0 aliphatic heterocycles. The number of allylic oxidation sites excluding steroid dienone is 4. The number of hydrogen-bond donors (Lipinski definition) is 0. The minimum atomic E-state index is 0.497. The summed E-state index contributed by atoms with van der Waals surface area (Å²) >= 11 is 0. The summed E-state index contributed by atoms with van der Waals surface area (Å²) in [4.78, 5) is 0. The maximum atomic E-state index is 2.42. The van der Waals surface area contributed by atoms with Gasteiger partial charge < -0.3 is 0 Å². The molecule has 0 unspecified atom stereocenters. The minimum Gasteiger partial charge on any atom is -0.0654 e. The van der Waals surface area contributed by atoms with Gasteiger partial charge in [0.25, 0.3) is 0 Å². The van der Waals surface area contributed by atoms with E-state index in [1.54, 1.807) is 22.3 Å². The first kappa shape index (κ1) is 20.5. The molecule has 0 aromatic rings. The van der Waals surface area contributed by atoms with Gasteiger partial charge in [-0.15, -0.1) is 0 Å². The molecule has 1 aliphatic carbocycles. The minimum absolute atomic E-state index is 0.497. The molecule has 0 saturated heterocycles. The summed E-state index contributed by atoms with van der Waals surface area (Å²) in [7, 11) is 0. The van der Waals surface area contributed by atoms with Gasteiger partial charge in [0.15, 0.2) is 0 Å². The SMILES string of the molecule is CCCCCCCCCC(CC)(CC)C1C(C)=C(C)C(C)=C1C. The van der Waals surface area contributed by atoms with Crippen molar-refractivity contribution in [3.63, 3.8) is 0 Å². The van der Waals surface area contributed by atoms with Crippen molar-refractivity contribution >= 4 is 0 Å². The third-order valence-electron chi connectivity index (χ3n) is 6.91. The molecule has 0 N–H and O–H groups in total. The van der Waals surface area contributed by atoms with E-state index < -0.39 is 0 Å². The fraction of sp³-hybridized carbons (Fsp3) is 0.826. The molecule has 0 amide bonds. The molecule has 1 rings (SSSR count). The van der Waals surface area contributed by atoms with Crippen molar-refractivity contribution in [3.8, 4) is 0 Å². The second kappa shape index (κ2) is 9.70. The lowest BCUT2D eigenvalue weighted by atomic mass is 9.64. The molecule has 0 bridgehead atoms. The van der Waals surface area contributed by atoms with Crippen LogP contribution in [-0.2, 0) is 0 Å². The molecule has 0 nitrogen and oxygen atoms in total. The zero-order valence-corrected chi connectivity index (χ0v) is 17.1. The molecular weight excluding hydrogens is 276 g/mol. The van der Waals surface area contributed by atoms with E-state index in [2.05, 4.69) is 48.5 Å². The van der Waals surface area contributed by atoms with E-state index in [4.69, 9.17) is 0 Å². The molecule has 0 saturated carbocycles. The average Bonchev–Trinajstić information content (AvgIpc) is 2.75. The van der Waals surface area contributed by atoms with Crippen LogP contribution in [0.4, 0.5) is 0 Å². The summed E-state index contributed by atoms with van der Waals surface area (Å²) in [6.45, 7) is 16.6. The smallest absolute Gasteiger partial charge is 0.00693 e. The van der Waals surface area contributed by atoms with E-state index in [1.807, 2.05) is 0 Å². The van der Waals surface area contributed by atoms with Gasteiger partial charge in [0, 0.05) is 5.92 Å². The van der Waals surface area contributed by atoms with Gasteiger partial charge in [-0.25, -0.2) is 0 Å². The zero-order chi connectivity index (χ0) is 17.5. The van der Waals surface area contributed by atoms with Crippen molar-refractivity contribution in [1.82, 2.24) is 0 Å². The Kier molecular flexibility index (Phi) is 8.65. The molecule has 23 heavy (non-hydrogen) atoms. The molecular formula is C23H42. The van der Waals surface area contributed by atoms with Crippen molar-refractivity contribution < 1.29 is 0 Å². The molecule has 0 aromatic heterocycles. The Labute approximate surface area is 146 Å². The van der Waals surface area contributed by atoms with E-state index in [0.717, 1.165) is 0 Å². The molecule has 0 fully saturated rings. The van der Waals surface area contributed by atoms with Crippen LogP contribution in [0.2, 0.25) is 0 Å².